The van der Waals surface area contributed by atoms with Crippen LogP contribution in [0.25, 0.3) is 6.08 Å². The highest BCUT2D eigenvalue weighted by atomic mass is 79.9. The number of carbonyl (C=O) groups excluding carboxylic acids is 3. The normalized spacial score (nSPS) is 14.8. The largest absolute Gasteiger partial charge is 0.493 e. The van der Waals surface area contributed by atoms with Crippen molar-refractivity contribution in [2.45, 2.75) is 20.0 Å². The maximum absolute atomic E-state index is 13.1. The molecule has 0 bridgehead atoms. The predicted octanol–water partition coefficient (Wildman–Crippen LogP) is 5.27. The first-order chi connectivity index (χ1) is 16.9. The van der Waals surface area contributed by atoms with Crippen molar-refractivity contribution >= 4 is 45.5 Å². The van der Waals surface area contributed by atoms with Crippen molar-refractivity contribution in [2.24, 2.45) is 0 Å². The summed E-state index contributed by atoms with van der Waals surface area (Å²) in [6.45, 7) is 2.36. The topological polar surface area (TPSA) is 84.9 Å². The van der Waals surface area contributed by atoms with Gasteiger partial charge in [0.15, 0.2) is 11.5 Å². The van der Waals surface area contributed by atoms with Crippen LogP contribution >= 0.6 is 15.9 Å². The summed E-state index contributed by atoms with van der Waals surface area (Å²) in [5, 5.41) is 2.24. The van der Waals surface area contributed by atoms with E-state index in [0.717, 1.165) is 26.9 Å². The number of hydrogen-bond donors (Lipinski definition) is 1. The molecular formula is C27H23BrN2O5. The van der Waals surface area contributed by atoms with Gasteiger partial charge in [-0.3, -0.25) is 14.9 Å². The summed E-state index contributed by atoms with van der Waals surface area (Å²) >= 11 is 3.41. The lowest BCUT2D eigenvalue weighted by Gasteiger charge is -2.26. The van der Waals surface area contributed by atoms with Crippen LogP contribution < -0.4 is 19.7 Å². The first-order valence-electron chi connectivity index (χ1n) is 10.9. The van der Waals surface area contributed by atoms with Crippen LogP contribution in [0.3, 0.4) is 0 Å². The molecule has 0 unspecified atom stereocenters. The Morgan fingerprint density at radius 3 is 2.26 bits per heavy atom. The van der Waals surface area contributed by atoms with Crippen LogP contribution in [0.2, 0.25) is 0 Å². The summed E-state index contributed by atoms with van der Waals surface area (Å²) in [6.07, 6.45) is 2.26. The number of barbiturate groups is 1. The Morgan fingerprint density at radius 2 is 1.60 bits per heavy atom. The van der Waals surface area contributed by atoms with Gasteiger partial charge in [0.25, 0.3) is 11.8 Å². The first-order valence-corrected chi connectivity index (χ1v) is 11.7. The zero-order chi connectivity index (χ0) is 24.9. The average molecular weight is 535 g/mol. The number of urea groups is 1. The van der Waals surface area contributed by atoms with Crippen LogP contribution in [-0.2, 0) is 22.6 Å². The Balaban J connectivity index is 1.57. The number of amides is 4. The molecule has 178 valence electrons. The molecule has 7 nitrogen and oxygen atoms in total. The summed E-state index contributed by atoms with van der Waals surface area (Å²) in [5.41, 5.74) is 2.83. The molecule has 1 aliphatic rings. The minimum Gasteiger partial charge on any atom is -0.493 e. The highest BCUT2D eigenvalue weighted by Crippen LogP contribution is 2.30. The van der Waals surface area contributed by atoms with E-state index in [-0.39, 0.29) is 5.57 Å². The van der Waals surface area contributed by atoms with Gasteiger partial charge < -0.3 is 9.47 Å². The second kappa shape index (κ2) is 10.6. The fourth-order valence-corrected chi connectivity index (χ4v) is 3.84. The van der Waals surface area contributed by atoms with Gasteiger partial charge >= 0.3 is 6.03 Å². The molecule has 0 saturated carbocycles. The van der Waals surface area contributed by atoms with E-state index >= 15 is 0 Å². The number of imide groups is 2. The van der Waals surface area contributed by atoms with Gasteiger partial charge in [-0.15, -0.1) is 0 Å². The molecule has 3 aromatic carbocycles. The maximum Gasteiger partial charge on any atom is 0.335 e. The SMILES string of the molecule is CCc1ccc(N2C(=O)NC(=O)/C(=C/c3ccc(OCc4ccc(Br)cc4)c(OC)c3)C2=O)cc1. The van der Waals surface area contributed by atoms with Gasteiger partial charge in [-0.1, -0.05) is 53.2 Å². The van der Waals surface area contributed by atoms with Gasteiger partial charge in [0.2, 0.25) is 0 Å². The third-order valence-corrected chi connectivity index (χ3v) is 6.04. The zero-order valence-electron chi connectivity index (χ0n) is 19.2. The van der Waals surface area contributed by atoms with Crippen molar-refractivity contribution in [3.05, 3.63) is 93.5 Å². The highest BCUT2D eigenvalue weighted by molar-refractivity contribution is 9.10. The first kappa shape index (κ1) is 24.2. The second-order valence-electron chi connectivity index (χ2n) is 7.80. The van der Waals surface area contributed by atoms with Crippen molar-refractivity contribution < 1.29 is 23.9 Å². The van der Waals surface area contributed by atoms with Gasteiger partial charge in [-0.2, -0.15) is 0 Å². The van der Waals surface area contributed by atoms with E-state index in [9.17, 15) is 14.4 Å². The van der Waals surface area contributed by atoms with E-state index in [1.807, 2.05) is 43.3 Å². The number of halogens is 1. The number of nitrogens with zero attached hydrogens (tertiary/aromatic N) is 1. The molecular weight excluding hydrogens is 512 g/mol. The van der Waals surface area contributed by atoms with E-state index in [0.29, 0.717) is 29.4 Å². The highest BCUT2D eigenvalue weighted by Gasteiger charge is 2.36. The minimum absolute atomic E-state index is 0.158. The summed E-state index contributed by atoms with van der Waals surface area (Å²) in [5.74, 6) is -0.485. The lowest BCUT2D eigenvalue weighted by molar-refractivity contribution is -0.122. The quantitative estimate of drug-likeness (QED) is 0.330. The Morgan fingerprint density at radius 1 is 0.914 bits per heavy atom. The number of hydrogen-bond acceptors (Lipinski definition) is 5. The molecule has 1 heterocycles. The summed E-state index contributed by atoms with van der Waals surface area (Å²) in [4.78, 5) is 39.0. The standard InChI is InChI=1S/C27H23BrN2O5/c1-3-17-6-11-21(12-7-17)30-26(32)22(25(31)29-27(30)33)14-19-8-13-23(24(15-19)34-2)35-16-18-4-9-20(28)10-5-18/h4-15H,3,16H2,1-2H3,(H,29,31,33)/b22-14-. The Bertz CT molecular complexity index is 1300. The fourth-order valence-electron chi connectivity index (χ4n) is 3.57. The van der Waals surface area contributed by atoms with Crippen molar-refractivity contribution in [3.63, 3.8) is 0 Å². The van der Waals surface area contributed by atoms with Crippen molar-refractivity contribution in [3.8, 4) is 11.5 Å². The lowest BCUT2D eigenvalue weighted by atomic mass is 10.1. The molecule has 1 fully saturated rings. The van der Waals surface area contributed by atoms with Gasteiger partial charge in [0, 0.05) is 4.47 Å². The number of methoxy groups -OCH3 is 1. The summed E-state index contributed by atoms with van der Waals surface area (Å²) < 4.78 is 12.3. The third kappa shape index (κ3) is 5.44. The Kier molecular flexibility index (Phi) is 7.31. The number of benzene rings is 3. The third-order valence-electron chi connectivity index (χ3n) is 5.51. The molecule has 0 spiro atoms. The average Bonchev–Trinajstić information content (AvgIpc) is 2.86. The van der Waals surface area contributed by atoms with E-state index in [1.54, 1.807) is 30.3 Å². The molecule has 0 aliphatic carbocycles. The Hall–Kier alpha value is -3.91. The number of carbonyl (C=O) groups is 3. The smallest absolute Gasteiger partial charge is 0.335 e. The van der Waals surface area contributed by atoms with E-state index < -0.39 is 17.8 Å². The van der Waals surface area contributed by atoms with Gasteiger partial charge in [-0.25, -0.2) is 9.69 Å². The number of nitrogens with one attached hydrogen (secondary N) is 1. The van der Waals surface area contributed by atoms with Gasteiger partial charge in [0.1, 0.15) is 12.2 Å². The van der Waals surface area contributed by atoms with E-state index in [2.05, 4.69) is 21.2 Å². The molecule has 1 N–H and O–H groups in total. The molecule has 4 amide bonds. The van der Waals surface area contributed by atoms with Crippen LogP contribution in [0.5, 0.6) is 11.5 Å². The van der Waals surface area contributed by atoms with Crippen LogP contribution in [-0.4, -0.2) is 25.0 Å². The number of anilines is 1. The van der Waals surface area contributed by atoms with E-state index in [1.165, 1.54) is 13.2 Å². The molecule has 0 radical (unpaired) electrons. The molecule has 8 heteroatoms. The van der Waals surface area contributed by atoms with Crippen LogP contribution in [0.1, 0.15) is 23.6 Å². The number of rotatable bonds is 7. The molecule has 1 saturated heterocycles. The summed E-state index contributed by atoms with van der Waals surface area (Å²) in [7, 11) is 1.51. The number of ether oxygens (including phenoxy) is 2. The molecule has 1 aliphatic heterocycles. The van der Waals surface area contributed by atoms with Crippen molar-refractivity contribution in [1.29, 1.82) is 0 Å². The Labute approximate surface area is 211 Å². The van der Waals surface area contributed by atoms with Gasteiger partial charge in [0.05, 0.1) is 12.8 Å². The zero-order valence-corrected chi connectivity index (χ0v) is 20.8. The summed E-state index contributed by atoms with van der Waals surface area (Å²) in [6, 6.07) is 19.1. The minimum atomic E-state index is -0.782. The fraction of sp³-hybridized carbons (Fsp3) is 0.148. The van der Waals surface area contributed by atoms with Crippen LogP contribution in [0, 0.1) is 0 Å². The monoisotopic (exact) mass is 534 g/mol. The number of aryl methyl sites for hydroxylation is 1. The second-order valence-corrected chi connectivity index (χ2v) is 8.72. The van der Waals surface area contributed by atoms with Crippen LogP contribution in [0.4, 0.5) is 10.5 Å². The molecule has 35 heavy (non-hydrogen) atoms. The van der Waals surface area contributed by atoms with Crippen molar-refractivity contribution in [2.75, 3.05) is 12.0 Å². The lowest BCUT2D eigenvalue weighted by Crippen LogP contribution is -2.54. The van der Waals surface area contributed by atoms with Gasteiger partial charge in [-0.05, 0) is 65.6 Å². The van der Waals surface area contributed by atoms with Crippen LogP contribution in [0.15, 0.2) is 76.8 Å². The van der Waals surface area contributed by atoms with E-state index in [4.69, 9.17) is 9.47 Å². The predicted molar refractivity (Wildman–Crippen MR) is 136 cm³/mol. The van der Waals surface area contributed by atoms with Crippen molar-refractivity contribution in [1.82, 2.24) is 5.32 Å². The molecule has 0 aromatic heterocycles. The molecule has 3 aromatic rings. The molecule has 0 atom stereocenters. The maximum atomic E-state index is 13.1. The molecule has 4 rings (SSSR count).